The summed E-state index contributed by atoms with van der Waals surface area (Å²) in [5.41, 5.74) is 11.0. The molecule has 3 nitrogen and oxygen atoms in total. The Morgan fingerprint density at radius 2 is 0.959 bits per heavy atom. The van der Waals surface area contributed by atoms with Gasteiger partial charge in [-0.3, -0.25) is 0 Å². The molecule has 0 amide bonds. The summed E-state index contributed by atoms with van der Waals surface area (Å²) in [5, 5.41) is 7.23. The van der Waals surface area contributed by atoms with E-state index < -0.39 is 0 Å². The SMILES string of the molecule is c1ccc2c(N(c3ccc(-c4cccc5oc6ccccc6c45)cc3)c3ccc(-n4c5ccccc5c5ccccc54)cc3)cccc2c1. The number of fused-ring (bicyclic) bond motifs is 7. The second kappa shape index (κ2) is 11.0. The van der Waals surface area contributed by atoms with E-state index in [2.05, 4.69) is 179 Å². The van der Waals surface area contributed by atoms with Gasteiger partial charge in [0, 0.05) is 44.0 Å². The Morgan fingerprint density at radius 3 is 1.69 bits per heavy atom. The molecular formula is C46H30N2O. The largest absolute Gasteiger partial charge is 0.456 e. The molecule has 10 aromatic rings. The molecule has 8 aromatic carbocycles. The van der Waals surface area contributed by atoms with Gasteiger partial charge in [-0.05, 0) is 83.2 Å². The Kier molecular flexibility index (Phi) is 6.18. The number of rotatable bonds is 5. The Bertz CT molecular complexity index is 2760. The van der Waals surface area contributed by atoms with Crippen LogP contribution >= 0.6 is 0 Å². The molecule has 0 bridgehead atoms. The van der Waals surface area contributed by atoms with Crippen LogP contribution in [0.15, 0.2) is 186 Å². The van der Waals surface area contributed by atoms with Crippen LogP contribution in [-0.4, -0.2) is 4.57 Å². The summed E-state index contributed by atoms with van der Waals surface area (Å²) >= 11 is 0. The van der Waals surface area contributed by atoms with Crippen molar-refractivity contribution in [2.45, 2.75) is 0 Å². The van der Waals surface area contributed by atoms with Gasteiger partial charge >= 0.3 is 0 Å². The fourth-order valence-electron chi connectivity index (χ4n) is 7.59. The van der Waals surface area contributed by atoms with E-state index in [1.807, 2.05) is 12.1 Å². The van der Waals surface area contributed by atoms with Crippen molar-refractivity contribution in [2.24, 2.45) is 0 Å². The topological polar surface area (TPSA) is 21.3 Å². The predicted octanol–water partition coefficient (Wildman–Crippen LogP) is 13.0. The zero-order valence-corrected chi connectivity index (χ0v) is 26.6. The zero-order chi connectivity index (χ0) is 32.3. The van der Waals surface area contributed by atoms with E-state index in [9.17, 15) is 0 Å². The molecule has 0 aliphatic rings. The molecule has 10 rings (SSSR count). The van der Waals surface area contributed by atoms with Crippen molar-refractivity contribution in [1.29, 1.82) is 0 Å². The van der Waals surface area contributed by atoms with E-state index in [-0.39, 0.29) is 0 Å². The Hall–Kier alpha value is -6.58. The minimum absolute atomic E-state index is 0.906. The van der Waals surface area contributed by atoms with Gasteiger partial charge in [-0.15, -0.1) is 0 Å². The molecule has 3 heteroatoms. The van der Waals surface area contributed by atoms with Crippen LogP contribution in [0.1, 0.15) is 0 Å². The minimum atomic E-state index is 0.906. The highest BCUT2D eigenvalue weighted by atomic mass is 16.3. The molecule has 2 heterocycles. The molecule has 0 radical (unpaired) electrons. The van der Waals surface area contributed by atoms with Crippen LogP contribution < -0.4 is 4.90 Å². The maximum absolute atomic E-state index is 6.21. The monoisotopic (exact) mass is 626 g/mol. The number of aromatic nitrogens is 1. The van der Waals surface area contributed by atoms with Crippen LogP contribution in [0, 0.1) is 0 Å². The average Bonchev–Trinajstić information content (AvgIpc) is 3.72. The number of para-hydroxylation sites is 3. The second-order valence-corrected chi connectivity index (χ2v) is 12.5. The first-order valence-electron chi connectivity index (χ1n) is 16.7. The molecule has 0 aliphatic carbocycles. The molecule has 0 atom stereocenters. The maximum atomic E-state index is 6.21. The third kappa shape index (κ3) is 4.37. The van der Waals surface area contributed by atoms with Crippen LogP contribution in [0.5, 0.6) is 0 Å². The lowest BCUT2D eigenvalue weighted by Gasteiger charge is -2.27. The van der Waals surface area contributed by atoms with Crippen LogP contribution in [0.25, 0.3) is 71.3 Å². The van der Waals surface area contributed by atoms with Gasteiger partial charge in [0.15, 0.2) is 0 Å². The summed E-state index contributed by atoms with van der Waals surface area (Å²) in [6, 6.07) is 65.0. The number of furan rings is 1. The van der Waals surface area contributed by atoms with Gasteiger partial charge in [-0.1, -0.05) is 115 Å². The van der Waals surface area contributed by atoms with Crippen LogP contribution in [0.4, 0.5) is 17.1 Å². The molecule has 49 heavy (non-hydrogen) atoms. The third-order valence-corrected chi connectivity index (χ3v) is 9.79. The van der Waals surface area contributed by atoms with Gasteiger partial charge in [0.05, 0.1) is 16.7 Å². The maximum Gasteiger partial charge on any atom is 0.136 e. The minimum Gasteiger partial charge on any atom is -0.456 e. The molecule has 230 valence electrons. The zero-order valence-electron chi connectivity index (χ0n) is 26.6. The second-order valence-electron chi connectivity index (χ2n) is 12.5. The Balaban J connectivity index is 1.12. The summed E-state index contributed by atoms with van der Waals surface area (Å²) in [6.45, 7) is 0. The summed E-state index contributed by atoms with van der Waals surface area (Å²) < 4.78 is 8.57. The van der Waals surface area contributed by atoms with Gasteiger partial charge < -0.3 is 13.9 Å². The lowest BCUT2D eigenvalue weighted by atomic mass is 9.99. The van der Waals surface area contributed by atoms with Crippen LogP contribution in [0.2, 0.25) is 0 Å². The van der Waals surface area contributed by atoms with Crippen molar-refractivity contribution in [3.8, 4) is 16.8 Å². The highest BCUT2D eigenvalue weighted by Crippen LogP contribution is 2.42. The highest BCUT2D eigenvalue weighted by Gasteiger charge is 2.18. The molecule has 2 aromatic heterocycles. The number of benzene rings is 8. The van der Waals surface area contributed by atoms with Gasteiger partial charge in [-0.25, -0.2) is 0 Å². The quantitative estimate of drug-likeness (QED) is 0.190. The number of hydrogen-bond donors (Lipinski definition) is 0. The first-order valence-corrected chi connectivity index (χ1v) is 16.7. The molecule has 0 spiro atoms. The number of hydrogen-bond acceptors (Lipinski definition) is 2. The van der Waals surface area contributed by atoms with Crippen LogP contribution in [0.3, 0.4) is 0 Å². The summed E-state index contributed by atoms with van der Waals surface area (Å²) in [4.78, 5) is 2.37. The lowest BCUT2D eigenvalue weighted by molar-refractivity contribution is 0.669. The van der Waals surface area contributed by atoms with E-state index in [4.69, 9.17) is 4.42 Å². The van der Waals surface area contributed by atoms with Gasteiger partial charge in [0.1, 0.15) is 11.2 Å². The van der Waals surface area contributed by atoms with Gasteiger partial charge in [-0.2, -0.15) is 0 Å². The molecule has 0 saturated heterocycles. The first-order chi connectivity index (χ1) is 24.3. The van der Waals surface area contributed by atoms with E-state index >= 15 is 0 Å². The Morgan fingerprint density at radius 1 is 0.408 bits per heavy atom. The molecule has 0 fully saturated rings. The van der Waals surface area contributed by atoms with Gasteiger partial charge in [0.25, 0.3) is 0 Å². The average molecular weight is 627 g/mol. The molecule has 0 aliphatic heterocycles. The predicted molar refractivity (Wildman–Crippen MR) is 206 cm³/mol. The number of anilines is 3. The lowest BCUT2D eigenvalue weighted by Crippen LogP contribution is -2.10. The van der Waals surface area contributed by atoms with Crippen LogP contribution in [-0.2, 0) is 0 Å². The molecular weight excluding hydrogens is 597 g/mol. The van der Waals surface area contributed by atoms with Crippen molar-refractivity contribution < 1.29 is 4.42 Å². The first kappa shape index (κ1) is 27.5. The number of nitrogens with zero attached hydrogens (tertiary/aromatic N) is 2. The third-order valence-electron chi connectivity index (χ3n) is 9.79. The molecule has 0 saturated carbocycles. The van der Waals surface area contributed by atoms with E-state index in [0.29, 0.717) is 0 Å². The van der Waals surface area contributed by atoms with Crippen molar-refractivity contribution in [2.75, 3.05) is 4.90 Å². The van der Waals surface area contributed by atoms with Crippen molar-refractivity contribution in [3.05, 3.63) is 182 Å². The van der Waals surface area contributed by atoms with Crippen molar-refractivity contribution >= 4 is 71.6 Å². The standard InChI is InChI=1S/C46H30N2O/c1-2-13-36-31(11-1)12-9-20-41(36)47(33-25-23-32(24-26-33)37-17-10-22-45-46(37)40-16-5-8-21-44(40)49-45)34-27-29-35(30-28-34)48-42-18-6-3-14-38(42)39-15-4-7-19-43(39)48/h1-30H. The fourth-order valence-corrected chi connectivity index (χ4v) is 7.59. The van der Waals surface area contributed by atoms with Gasteiger partial charge in [0.2, 0.25) is 0 Å². The fraction of sp³-hybridized carbons (Fsp3) is 0. The summed E-state index contributed by atoms with van der Waals surface area (Å²) in [5.74, 6) is 0. The summed E-state index contributed by atoms with van der Waals surface area (Å²) in [6.07, 6.45) is 0. The van der Waals surface area contributed by atoms with E-state index in [0.717, 1.165) is 50.3 Å². The summed E-state index contributed by atoms with van der Waals surface area (Å²) in [7, 11) is 0. The van der Waals surface area contributed by atoms with E-state index in [1.54, 1.807) is 0 Å². The normalized spacial score (nSPS) is 11.7. The molecule has 0 unspecified atom stereocenters. The Labute approximate surface area is 283 Å². The van der Waals surface area contributed by atoms with Crippen molar-refractivity contribution in [3.63, 3.8) is 0 Å². The molecule has 0 N–H and O–H groups in total. The highest BCUT2D eigenvalue weighted by molar-refractivity contribution is 6.12. The van der Waals surface area contributed by atoms with E-state index in [1.165, 1.54) is 38.1 Å². The van der Waals surface area contributed by atoms with Crippen molar-refractivity contribution in [1.82, 2.24) is 4.57 Å². The smallest absolute Gasteiger partial charge is 0.136 e.